The van der Waals surface area contributed by atoms with Crippen molar-refractivity contribution in [2.24, 2.45) is 5.92 Å². The van der Waals surface area contributed by atoms with E-state index in [1.807, 2.05) is 0 Å². The molecule has 0 aromatic rings. The Morgan fingerprint density at radius 2 is 1.78 bits per heavy atom. The van der Waals surface area contributed by atoms with Crippen molar-refractivity contribution in [3.63, 3.8) is 0 Å². The zero-order valence-corrected chi connectivity index (χ0v) is 18.2. The Kier molecular flexibility index (Phi) is 16.8. The third kappa shape index (κ3) is 12.3. The van der Waals surface area contributed by atoms with Crippen molar-refractivity contribution < 1.29 is 19.1 Å². The van der Waals surface area contributed by atoms with E-state index in [2.05, 4.69) is 21.9 Å². The van der Waals surface area contributed by atoms with Gasteiger partial charge in [0.25, 0.3) is 6.47 Å². The van der Waals surface area contributed by atoms with Crippen molar-refractivity contribution in [1.82, 2.24) is 10.2 Å². The summed E-state index contributed by atoms with van der Waals surface area (Å²) in [5.74, 6) is 1.04. The molecule has 0 radical (unpaired) electrons. The van der Waals surface area contributed by atoms with E-state index >= 15 is 0 Å². The number of carbonyl (C=O) groups excluding carboxylic acids is 2. The van der Waals surface area contributed by atoms with Crippen LogP contribution in [0.3, 0.4) is 0 Å². The molecule has 0 spiro atoms. The Morgan fingerprint density at radius 1 is 1.11 bits per heavy atom. The second-order valence-corrected chi connectivity index (χ2v) is 7.06. The number of likely N-dealkylation sites (tertiary alicyclic amines) is 1. The highest BCUT2D eigenvalue weighted by molar-refractivity contribution is 7.59. The molecule has 0 aromatic carbocycles. The van der Waals surface area contributed by atoms with Crippen LogP contribution in [-0.2, 0) is 19.1 Å². The molecule has 0 bridgehead atoms. The van der Waals surface area contributed by atoms with Crippen LogP contribution < -0.4 is 5.32 Å². The number of piperidine rings is 1. The fourth-order valence-electron chi connectivity index (χ4n) is 3.58. The van der Waals surface area contributed by atoms with Crippen LogP contribution in [0.1, 0.15) is 65.2 Å². The zero-order chi connectivity index (χ0) is 19.0. The van der Waals surface area contributed by atoms with Gasteiger partial charge in [-0.25, -0.2) is 0 Å². The van der Waals surface area contributed by atoms with Gasteiger partial charge in [0, 0.05) is 26.1 Å². The SMILES string of the molecule is CCNCCOC1CCN(C(=O)CC2CCCCC2)CC1.CCOC=O.S. The van der Waals surface area contributed by atoms with Gasteiger partial charge >= 0.3 is 0 Å². The first-order valence-electron chi connectivity index (χ1n) is 10.4. The minimum absolute atomic E-state index is 0. The first kappa shape index (κ1) is 26.2. The highest BCUT2D eigenvalue weighted by atomic mass is 32.1. The molecule has 160 valence electrons. The Labute approximate surface area is 172 Å². The third-order valence-electron chi connectivity index (χ3n) is 5.10. The molecule has 0 unspecified atom stereocenters. The van der Waals surface area contributed by atoms with Gasteiger partial charge in [0.05, 0.1) is 19.3 Å². The molecule has 1 heterocycles. The van der Waals surface area contributed by atoms with Gasteiger partial charge in [-0.2, -0.15) is 13.5 Å². The van der Waals surface area contributed by atoms with Crippen LogP contribution in [0.5, 0.6) is 0 Å². The number of hydrogen-bond donors (Lipinski definition) is 1. The van der Waals surface area contributed by atoms with E-state index in [0.717, 1.165) is 52.0 Å². The number of ether oxygens (including phenoxy) is 2. The van der Waals surface area contributed by atoms with Crippen molar-refractivity contribution in [3.8, 4) is 0 Å². The number of hydrogen-bond acceptors (Lipinski definition) is 5. The summed E-state index contributed by atoms with van der Waals surface area (Å²) in [7, 11) is 0. The van der Waals surface area contributed by atoms with E-state index in [9.17, 15) is 9.59 Å². The van der Waals surface area contributed by atoms with Gasteiger partial charge in [-0.3, -0.25) is 9.59 Å². The minimum atomic E-state index is 0. The number of carbonyl (C=O) groups is 2. The first-order valence-corrected chi connectivity index (χ1v) is 10.4. The molecule has 27 heavy (non-hydrogen) atoms. The van der Waals surface area contributed by atoms with Crippen molar-refractivity contribution in [2.75, 3.05) is 39.4 Å². The summed E-state index contributed by atoms with van der Waals surface area (Å²) in [5.41, 5.74) is 0. The van der Waals surface area contributed by atoms with Gasteiger partial charge in [0.2, 0.25) is 5.91 Å². The maximum atomic E-state index is 12.3. The summed E-state index contributed by atoms with van der Waals surface area (Å²) in [5, 5.41) is 3.27. The van der Waals surface area contributed by atoms with Crippen LogP contribution in [0.2, 0.25) is 0 Å². The summed E-state index contributed by atoms with van der Waals surface area (Å²) in [6, 6.07) is 0. The Morgan fingerprint density at radius 3 is 2.30 bits per heavy atom. The fraction of sp³-hybridized carbons (Fsp3) is 0.900. The molecule has 1 saturated heterocycles. The average molecular weight is 405 g/mol. The number of amides is 1. The standard InChI is InChI=1S/C17H32N2O2.C3H6O2.H2S/c1-2-18-10-13-21-16-8-11-19(12-9-16)17(20)14-15-6-4-3-5-7-15;1-2-5-3-4;/h15-16,18H,2-14H2,1H3;3H,2H2,1H3;1H2. The Hall–Kier alpha value is -0.790. The molecule has 0 aromatic heterocycles. The predicted octanol–water partition coefficient (Wildman–Crippen LogP) is 2.87. The molecular formula is C20H40N2O4S. The van der Waals surface area contributed by atoms with E-state index in [1.165, 1.54) is 32.1 Å². The molecular weight excluding hydrogens is 364 g/mol. The van der Waals surface area contributed by atoms with Gasteiger partial charge in [0.15, 0.2) is 0 Å². The summed E-state index contributed by atoms with van der Waals surface area (Å²) >= 11 is 0. The van der Waals surface area contributed by atoms with Crippen LogP contribution in [0, 0.1) is 5.92 Å². The maximum Gasteiger partial charge on any atom is 0.293 e. The molecule has 1 aliphatic carbocycles. The topological polar surface area (TPSA) is 67.9 Å². The largest absolute Gasteiger partial charge is 0.468 e. The molecule has 1 aliphatic heterocycles. The zero-order valence-electron chi connectivity index (χ0n) is 17.2. The molecule has 6 nitrogen and oxygen atoms in total. The lowest BCUT2D eigenvalue weighted by atomic mass is 9.86. The lowest BCUT2D eigenvalue weighted by Crippen LogP contribution is -2.42. The quantitative estimate of drug-likeness (QED) is 0.473. The molecule has 0 atom stereocenters. The molecule has 1 amide bonds. The lowest BCUT2D eigenvalue weighted by Gasteiger charge is -2.33. The number of nitrogens with one attached hydrogen (secondary N) is 1. The average Bonchev–Trinajstić information content (AvgIpc) is 2.68. The van der Waals surface area contributed by atoms with Gasteiger partial charge in [0.1, 0.15) is 0 Å². The van der Waals surface area contributed by atoms with Gasteiger partial charge in [-0.05, 0) is 45.1 Å². The van der Waals surface area contributed by atoms with E-state index in [0.29, 0.717) is 31.0 Å². The van der Waals surface area contributed by atoms with Crippen LogP contribution in [0.15, 0.2) is 0 Å². The summed E-state index contributed by atoms with van der Waals surface area (Å²) < 4.78 is 10.0. The minimum Gasteiger partial charge on any atom is -0.468 e. The highest BCUT2D eigenvalue weighted by Gasteiger charge is 2.25. The van der Waals surface area contributed by atoms with E-state index in [-0.39, 0.29) is 13.5 Å². The normalized spacial score (nSPS) is 18.1. The van der Waals surface area contributed by atoms with Crippen molar-refractivity contribution >= 4 is 25.9 Å². The maximum absolute atomic E-state index is 12.3. The lowest BCUT2D eigenvalue weighted by molar-refractivity contribution is -0.135. The smallest absolute Gasteiger partial charge is 0.293 e. The summed E-state index contributed by atoms with van der Waals surface area (Å²) in [6.45, 7) is 9.26. The second-order valence-electron chi connectivity index (χ2n) is 7.06. The van der Waals surface area contributed by atoms with Gasteiger partial charge < -0.3 is 19.7 Å². The van der Waals surface area contributed by atoms with Gasteiger partial charge in [-0.1, -0.05) is 26.2 Å². The van der Waals surface area contributed by atoms with Gasteiger partial charge in [-0.15, -0.1) is 0 Å². The highest BCUT2D eigenvalue weighted by Crippen LogP contribution is 2.27. The molecule has 2 fully saturated rings. The van der Waals surface area contributed by atoms with Crippen LogP contribution in [0.25, 0.3) is 0 Å². The van der Waals surface area contributed by atoms with Crippen molar-refractivity contribution in [1.29, 1.82) is 0 Å². The monoisotopic (exact) mass is 404 g/mol. The first-order chi connectivity index (χ1) is 12.7. The van der Waals surface area contributed by atoms with E-state index < -0.39 is 0 Å². The number of nitrogens with zero attached hydrogens (tertiary/aromatic N) is 1. The number of likely N-dealkylation sites (N-methyl/N-ethyl adjacent to an activating group) is 1. The molecule has 1 N–H and O–H groups in total. The Bertz CT molecular complexity index is 371. The van der Waals surface area contributed by atoms with Crippen LogP contribution in [0.4, 0.5) is 0 Å². The molecule has 2 rings (SSSR count). The van der Waals surface area contributed by atoms with E-state index in [4.69, 9.17) is 4.74 Å². The Balaban J connectivity index is 0.00000100. The van der Waals surface area contributed by atoms with Crippen LogP contribution in [-0.4, -0.2) is 62.8 Å². The predicted molar refractivity (Wildman–Crippen MR) is 113 cm³/mol. The second kappa shape index (κ2) is 17.3. The van der Waals surface area contributed by atoms with Crippen molar-refractivity contribution in [3.05, 3.63) is 0 Å². The number of rotatable bonds is 9. The van der Waals surface area contributed by atoms with Crippen LogP contribution >= 0.6 is 13.5 Å². The fourth-order valence-corrected chi connectivity index (χ4v) is 3.58. The van der Waals surface area contributed by atoms with Crippen molar-refractivity contribution in [2.45, 2.75) is 71.3 Å². The molecule has 7 heteroatoms. The molecule has 2 aliphatic rings. The molecule has 1 saturated carbocycles. The summed E-state index contributed by atoms with van der Waals surface area (Å²) in [6.07, 6.45) is 9.66. The third-order valence-corrected chi connectivity index (χ3v) is 5.10. The van der Waals surface area contributed by atoms with E-state index in [1.54, 1.807) is 6.92 Å². The summed E-state index contributed by atoms with van der Waals surface area (Å²) in [4.78, 5) is 23.6.